The number of rotatable bonds is 5. The van der Waals surface area contributed by atoms with Crippen molar-refractivity contribution in [3.05, 3.63) is 35.4 Å². The molecule has 1 saturated heterocycles. The van der Waals surface area contributed by atoms with E-state index in [-0.39, 0.29) is 6.03 Å². The zero-order valence-electron chi connectivity index (χ0n) is 15.3. The van der Waals surface area contributed by atoms with Crippen LogP contribution in [0.25, 0.3) is 0 Å². The molecule has 25 heavy (non-hydrogen) atoms. The van der Waals surface area contributed by atoms with Gasteiger partial charge in [-0.25, -0.2) is 4.79 Å². The molecule has 0 aromatic heterocycles. The lowest BCUT2D eigenvalue weighted by atomic mass is 9.96. The van der Waals surface area contributed by atoms with E-state index in [2.05, 4.69) is 17.1 Å². The van der Waals surface area contributed by atoms with Gasteiger partial charge < -0.3 is 20.2 Å². The molecular weight excluding hydrogens is 314 g/mol. The molecule has 0 saturated carbocycles. The summed E-state index contributed by atoms with van der Waals surface area (Å²) in [5.41, 5.74) is 1.99. The van der Waals surface area contributed by atoms with Crippen molar-refractivity contribution in [3.63, 3.8) is 0 Å². The number of carbonyl (C=O) groups excluding carboxylic acids is 1. The number of nitrogens with one attached hydrogen (secondary N) is 1. The van der Waals surface area contributed by atoms with Gasteiger partial charge in [0.2, 0.25) is 0 Å². The van der Waals surface area contributed by atoms with E-state index >= 15 is 0 Å². The zero-order chi connectivity index (χ0) is 17.6. The van der Waals surface area contributed by atoms with Crippen LogP contribution >= 0.6 is 0 Å². The molecule has 5 heteroatoms. The number of amides is 2. The third-order valence-corrected chi connectivity index (χ3v) is 5.53. The Morgan fingerprint density at radius 2 is 2.04 bits per heavy atom. The molecule has 2 N–H and O–H groups in total. The fraction of sp³-hybridized carbons (Fsp3) is 0.650. The van der Waals surface area contributed by atoms with Crippen LogP contribution in [0.4, 0.5) is 4.79 Å². The minimum atomic E-state index is -0.586. The normalized spacial score (nSPS) is 21.8. The van der Waals surface area contributed by atoms with Gasteiger partial charge in [0.1, 0.15) is 0 Å². The highest BCUT2D eigenvalue weighted by Crippen LogP contribution is 2.26. The first-order valence-electron chi connectivity index (χ1n) is 9.68. The van der Waals surface area contributed by atoms with Crippen LogP contribution in [-0.2, 0) is 6.54 Å². The van der Waals surface area contributed by atoms with Gasteiger partial charge in [-0.3, -0.25) is 0 Å². The highest BCUT2D eigenvalue weighted by Gasteiger charge is 2.27. The van der Waals surface area contributed by atoms with Gasteiger partial charge in [-0.2, -0.15) is 0 Å². The van der Waals surface area contributed by atoms with Crippen LogP contribution in [0, 0.1) is 5.92 Å². The van der Waals surface area contributed by atoms with Gasteiger partial charge in [0.15, 0.2) is 0 Å². The van der Waals surface area contributed by atoms with Crippen molar-refractivity contribution in [3.8, 4) is 0 Å². The van der Waals surface area contributed by atoms with Crippen LogP contribution in [0.15, 0.2) is 24.3 Å². The average Bonchev–Trinajstić information content (AvgIpc) is 2.65. The second-order valence-electron chi connectivity index (χ2n) is 7.42. The minimum Gasteiger partial charge on any atom is -0.387 e. The van der Waals surface area contributed by atoms with Gasteiger partial charge in [0.05, 0.1) is 12.6 Å². The molecule has 5 nitrogen and oxygen atoms in total. The molecule has 2 amide bonds. The Labute approximate surface area is 151 Å². The van der Waals surface area contributed by atoms with Crippen LogP contribution in [0.1, 0.15) is 49.8 Å². The summed E-state index contributed by atoms with van der Waals surface area (Å²) in [6.07, 6.45) is 4.27. The number of nitrogens with zero attached hydrogens (tertiary/aromatic N) is 2. The summed E-state index contributed by atoms with van der Waals surface area (Å²) in [7, 11) is 0. The summed E-state index contributed by atoms with van der Waals surface area (Å²) in [5, 5.41) is 13.4. The lowest BCUT2D eigenvalue weighted by molar-refractivity contribution is 0.103. The van der Waals surface area contributed by atoms with Gasteiger partial charge in [-0.05, 0) is 55.9 Å². The molecule has 2 aliphatic rings. The Bertz CT molecular complexity index is 570. The number of likely N-dealkylation sites (tertiary alicyclic amines) is 1. The summed E-state index contributed by atoms with van der Waals surface area (Å²) in [4.78, 5) is 16.8. The van der Waals surface area contributed by atoms with E-state index in [1.54, 1.807) is 4.90 Å². The number of aliphatic hydroxyl groups excluding tert-OH is 1. The first kappa shape index (κ1) is 18.2. The van der Waals surface area contributed by atoms with Gasteiger partial charge in [-0.1, -0.05) is 37.6 Å². The number of urea groups is 1. The summed E-state index contributed by atoms with van der Waals surface area (Å²) in [6.45, 7) is 7.44. The van der Waals surface area contributed by atoms with Crippen molar-refractivity contribution in [2.24, 2.45) is 5.92 Å². The SMILES string of the molecule is CCCCN1CCC(CNC(=O)N2Cc3ccccc3[C@H](O)C2)CC1. The number of hydrogen-bond donors (Lipinski definition) is 2. The van der Waals surface area contributed by atoms with Gasteiger partial charge in [-0.15, -0.1) is 0 Å². The number of piperidine rings is 1. The molecule has 0 bridgehead atoms. The highest BCUT2D eigenvalue weighted by molar-refractivity contribution is 5.74. The highest BCUT2D eigenvalue weighted by atomic mass is 16.3. The van der Waals surface area contributed by atoms with Crippen LogP contribution < -0.4 is 5.32 Å². The Morgan fingerprint density at radius 1 is 1.28 bits per heavy atom. The molecule has 138 valence electrons. The zero-order valence-corrected chi connectivity index (χ0v) is 15.3. The van der Waals surface area contributed by atoms with E-state index in [9.17, 15) is 9.90 Å². The van der Waals surface area contributed by atoms with Crippen molar-refractivity contribution in [2.45, 2.75) is 45.3 Å². The second-order valence-corrected chi connectivity index (χ2v) is 7.42. The Balaban J connectivity index is 1.43. The van der Waals surface area contributed by atoms with Gasteiger partial charge in [0, 0.05) is 13.1 Å². The van der Waals surface area contributed by atoms with Crippen molar-refractivity contribution in [1.82, 2.24) is 15.1 Å². The summed E-state index contributed by atoms with van der Waals surface area (Å²) in [5.74, 6) is 0.573. The maximum absolute atomic E-state index is 12.5. The molecule has 0 radical (unpaired) electrons. The summed E-state index contributed by atoms with van der Waals surface area (Å²) >= 11 is 0. The molecule has 1 aromatic rings. The number of hydrogen-bond acceptors (Lipinski definition) is 3. The molecule has 1 atom stereocenters. The van der Waals surface area contributed by atoms with Gasteiger partial charge in [0.25, 0.3) is 0 Å². The molecular formula is C20H31N3O2. The molecule has 1 aromatic carbocycles. The molecule has 2 aliphatic heterocycles. The maximum Gasteiger partial charge on any atom is 0.317 e. The number of unbranched alkanes of at least 4 members (excludes halogenated alkanes) is 1. The van der Waals surface area contributed by atoms with E-state index < -0.39 is 6.10 Å². The summed E-state index contributed by atoms with van der Waals surface area (Å²) in [6, 6.07) is 7.78. The van der Waals surface area contributed by atoms with Crippen molar-refractivity contribution in [2.75, 3.05) is 32.7 Å². The molecule has 3 rings (SSSR count). The van der Waals surface area contributed by atoms with Crippen LogP contribution in [0.3, 0.4) is 0 Å². The van der Waals surface area contributed by atoms with Crippen LogP contribution in [-0.4, -0.2) is 53.7 Å². The van der Waals surface area contributed by atoms with E-state index in [0.717, 1.165) is 43.6 Å². The van der Waals surface area contributed by atoms with Crippen LogP contribution in [0.5, 0.6) is 0 Å². The smallest absolute Gasteiger partial charge is 0.317 e. The van der Waals surface area contributed by atoms with E-state index in [0.29, 0.717) is 19.0 Å². The number of carbonyl (C=O) groups is 1. The van der Waals surface area contributed by atoms with Crippen molar-refractivity contribution in [1.29, 1.82) is 0 Å². The predicted octanol–water partition coefficient (Wildman–Crippen LogP) is 2.76. The third-order valence-electron chi connectivity index (χ3n) is 5.53. The number of β-amino-alcohol motifs (C(OH)–C–C–N with tert-alkyl or cyclic N) is 1. The molecule has 0 aliphatic carbocycles. The van der Waals surface area contributed by atoms with Crippen molar-refractivity contribution >= 4 is 6.03 Å². The van der Waals surface area contributed by atoms with Crippen LogP contribution in [0.2, 0.25) is 0 Å². The first-order valence-corrected chi connectivity index (χ1v) is 9.68. The van der Waals surface area contributed by atoms with Gasteiger partial charge >= 0.3 is 6.03 Å². The van der Waals surface area contributed by atoms with E-state index in [1.165, 1.54) is 19.4 Å². The monoisotopic (exact) mass is 345 g/mol. The number of fused-ring (bicyclic) bond motifs is 1. The standard InChI is InChI=1S/C20H31N3O2/c1-2-3-10-22-11-8-16(9-12-22)13-21-20(25)23-14-17-6-4-5-7-18(17)19(24)15-23/h4-7,16,19,24H,2-3,8-15H2,1H3,(H,21,25)/t19-/m1/s1. The molecule has 0 spiro atoms. The topological polar surface area (TPSA) is 55.8 Å². The largest absolute Gasteiger partial charge is 0.387 e. The third kappa shape index (κ3) is 4.73. The predicted molar refractivity (Wildman–Crippen MR) is 99.3 cm³/mol. The molecule has 2 heterocycles. The summed E-state index contributed by atoms with van der Waals surface area (Å²) < 4.78 is 0. The fourth-order valence-corrected chi connectivity index (χ4v) is 3.87. The van der Waals surface area contributed by atoms with E-state index in [4.69, 9.17) is 0 Å². The molecule has 0 unspecified atom stereocenters. The quantitative estimate of drug-likeness (QED) is 0.863. The minimum absolute atomic E-state index is 0.0537. The first-order chi connectivity index (χ1) is 12.2. The number of aliphatic hydroxyl groups is 1. The lowest BCUT2D eigenvalue weighted by Crippen LogP contribution is -2.46. The average molecular weight is 345 g/mol. The fourth-order valence-electron chi connectivity index (χ4n) is 3.87. The second kappa shape index (κ2) is 8.68. The van der Waals surface area contributed by atoms with E-state index in [1.807, 2.05) is 24.3 Å². The Morgan fingerprint density at radius 3 is 2.80 bits per heavy atom. The Hall–Kier alpha value is -1.59. The lowest BCUT2D eigenvalue weighted by Gasteiger charge is -2.34. The molecule has 1 fully saturated rings. The maximum atomic E-state index is 12.5. The number of benzene rings is 1. The Kier molecular flexibility index (Phi) is 6.32. The van der Waals surface area contributed by atoms with Crippen molar-refractivity contribution < 1.29 is 9.90 Å².